The van der Waals surface area contributed by atoms with Crippen LogP contribution in [-0.4, -0.2) is 19.1 Å². The molecular weight excluding hydrogens is 609 g/mol. The fourth-order valence-electron chi connectivity index (χ4n) is 6.89. The van der Waals surface area contributed by atoms with Gasteiger partial charge in [0.1, 0.15) is 5.82 Å². The summed E-state index contributed by atoms with van der Waals surface area (Å²) in [5, 5.41) is 2.12. The maximum absolute atomic E-state index is 9.69. The van der Waals surface area contributed by atoms with Crippen molar-refractivity contribution in [2.75, 3.05) is 0 Å². The number of aromatic nitrogens is 4. The fraction of sp³-hybridized carbons (Fsp3) is 0. The Labute approximate surface area is 299 Å². The molecule has 50 heavy (non-hydrogen) atoms. The van der Waals surface area contributed by atoms with Gasteiger partial charge in [-0.15, -0.1) is 0 Å². The number of para-hydroxylation sites is 3. The van der Waals surface area contributed by atoms with Gasteiger partial charge in [-0.1, -0.05) is 127 Å². The Morgan fingerprint density at radius 2 is 1.10 bits per heavy atom. The van der Waals surface area contributed by atoms with Crippen LogP contribution in [0.15, 0.2) is 182 Å². The van der Waals surface area contributed by atoms with Gasteiger partial charge in [0.25, 0.3) is 0 Å². The van der Waals surface area contributed by atoms with E-state index in [1.807, 2.05) is 115 Å². The molecule has 0 radical (unpaired) electrons. The lowest BCUT2D eigenvalue weighted by Gasteiger charge is -2.12. The molecule has 7 aromatic carbocycles. The Morgan fingerprint density at radius 1 is 0.420 bits per heavy atom. The lowest BCUT2D eigenvalue weighted by Crippen LogP contribution is -2.02. The Balaban J connectivity index is 1.25. The monoisotopic (exact) mass is 645 g/mol. The lowest BCUT2D eigenvalue weighted by atomic mass is 10.0. The summed E-state index contributed by atoms with van der Waals surface area (Å²) in [4.78, 5) is 10.1. The molecule has 0 bridgehead atoms. The van der Waals surface area contributed by atoms with E-state index in [1.54, 1.807) is 28.8 Å². The molecule has 0 aliphatic carbocycles. The second-order valence-corrected chi connectivity index (χ2v) is 12.1. The molecule has 0 saturated carbocycles. The summed E-state index contributed by atoms with van der Waals surface area (Å²) < 4.78 is 67.2. The van der Waals surface area contributed by atoms with Crippen molar-refractivity contribution < 1.29 is 9.60 Å². The van der Waals surface area contributed by atoms with Crippen LogP contribution in [-0.2, 0) is 0 Å². The molecular formula is C46H30N4. The molecule has 3 heterocycles. The van der Waals surface area contributed by atoms with Gasteiger partial charge in [-0.3, -0.25) is 4.57 Å². The molecule has 0 unspecified atom stereocenters. The van der Waals surface area contributed by atoms with Crippen LogP contribution < -0.4 is 0 Å². The lowest BCUT2D eigenvalue weighted by molar-refractivity contribution is 1.05. The first kappa shape index (κ1) is 22.0. The number of rotatable bonds is 5. The summed E-state index contributed by atoms with van der Waals surface area (Å²) in [5.41, 5.74) is 5.99. The molecule has 0 atom stereocenters. The van der Waals surface area contributed by atoms with Gasteiger partial charge in [0.15, 0.2) is 5.82 Å². The van der Waals surface area contributed by atoms with E-state index in [0.717, 1.165) is 38.6 Å². The molecule has 0 spiro atoms. The SMILES string of the molecule is [2H]c1c([2H])c([2H])c2c(c1[2H])c1c([2H])c(-c3ccc4c(c3)c3ccccc3n4-c3cc(-c4ccccc4)nc(-c4ccccc4)n3)c([2H])c([2H])c1n2-c1ccccc1. The zero-order valence-electron chi connectivity index (χ0n) is 33.6. The van der Waals surface area contributed by atoms with Crippen LogP contribution in [0.25, 0.3) is 88.9 Å². The van der Waals surface area contributed by atoms with Crippen molar-refractivity contribution in [3.63, 3.8) is 0 Å². The summed E-state index contributed by atoms with van der Waals surface area (Å²) in [5.74, 6) is 1.25. The van der Waals surface area contributed by atoms with E-state index < -0.39 is 12.1 Å². The molecule has 0 N–H and O–H groups in total. The van der Waals surface area contributed by atoms with Gasteiger partial charge in [-0.05, 0) is 59.6 Å². The minimum atomic E-state index is -0.424. The molecule has 10 rings (SSSR count). The number of hydrogen-bond donors (Lipinski definition) is 0. The van der Waals surface area contributed by atoms with Crippen molar-refractivity contribution in [1.82, 2.24) is 19.1 Å². The summed E-state index contributed by atoms with van der Waals surface area (Å²) in [6, 6.07) is 42.7. The normalized spacial score (nSPS) is 13.6. The summed E-state index contributed by atoms with van der Waals surface area (Å²) in [7, 11) is 0. The smallest absolute Gasteiger partial charge is 0.162 e. The zero-order chi connectivity index (χ0) is 39.1. The van der Waals surface area contributed by atoms with Crippen LogP contribution >= 0.6 is 0 Å². The Kier molecular flexibility index (Phi) is 5.02. The van der Waals surface area contributed by atoms with E-state index in [4.69, 9.17) is 15.5 Å². The van der Waals surface area contributed by atoms with Gasteiger partial charge in [-0.2, -0.15) is 0 Å². The first-order chi connectivity index (χ1) is 27.7. The zero-order valence-corrected chi connectivity index (χ0v) is 26.6. The van der Waals surface area contributed by atoms with E-state index in [2.05, 4.69) is 4.57 Å². The van der Waals surface area contributed by atoms with Crippen molar-refractivity contribution in [2.45, 2.75) is 0 Å². The fourth-order valence-corrected chi connectivity index (χ4v) is 6.89. The second kappa shape index (κ2) is 11.4. The largest absolute Gasteiger partial charge is 0.309 e. The standard InChI is InChI=1S/C46H30N4/c1-4-14-31(15-5-1)40-30-45(48-46(47-40)32-16-6-2-7-17-32)50-42-23-13-11-21-37(42)39-29-34(25-27-44(39)50)33-24-26-43-38(28-33)36-20-10-12-22-41(36)49(43)35-18-8-3-9-19-35/h1-30H/i10D,12D,20D,22D,24D,26D,28D. The molecule has 0 saturated heterocycles. The Hall–Kier alpha value is -6.78. The molecule has 3 aromatic heterocycles. The van der Waals surface area contributed by atoms with Gasteiger partial charge >= 0.3 is 0 Å². The second-order valence-electron chi connectivity index (χ2n) is 12.1. The molecule has 0 amide bonds. The van der Waals surface area contributed by atoms with Crippen molar-refractivity contribution >= 4 is 43.6 Å². The van der Waals surface area contributed by atoms with E-state index in [1.165, 1.54) is 0 Å². The molecule has 4 heteroatoms. The van der Waals surface area contributed by atoms with Crippen LogP contribution in [0.4, 0.5) is 0 Å². The maximum atomic E-state index is 9.69. The van der Waals surface area contributed by atoms with E-state index in [-0.39, 0.29) is 57.6 Å². The third-order valence-corrected chi connectivity index (χ3v) is 9.18. The molecule has 0 aliphatic rings. The highest BCUT2D eigenvalue weighted by molar-refractivity contribution is 6.12. The topological polar surface area (TPSA) is 35.6 Å². The van der Waals surface area contributed by atoms with Crippen LogP contribution in [0.3, 0.4) is 0 Å². The summed E-state index contributed by atoms with van der Waals surface area (Å²) in [6.07, 6.45) is 0. The van der Waals surface area contributed by atoms with Crippen molar-refractivity contribution in [3.05, 3.63) is 182 Å². The van der Waals surface area contributed by atoms with Crippen molar-refractivity contribution in [2.24, 2.45) is 0 Å². The first-order valence-corrected chi connectivity index (χ1v) is 16.4. The Morgan fingerprint density at radius 3 is 1.92 bits per heavy atom. The Bertz CT molecular complexity index is 3190. The minimum Gasteiger partial charge on any atom is -0.309 e. The molecule has 234 valence electrons. The minimum absolute atomic E-state index is 0.0883. The van der Waals surface area contributed by atoms with Crippen LogP contribution in [0.5, 0.6) is 0 Å². The average Bonchev–Trinajstić information content (AvgIpc) is 3.79. The number of fused-ring (bicyclic) bond motifs is 6. The highest BCUT2D eigenvalue weighted by atomic mass is 15.1. The van der Waals surface area contributed by atoms with Gasteiger partial charge < -0.3 is 4.57 Å². The summed E-state index contributed by atoms with van der Waals surface area (Å²) >= 11 is 0. The number of nitrogens with zero attached hydrogens (tertiary/aromatic N) is 4. The van der Waals surface area contributed by atoms with E-state index in [0.29, 0.717) is 22.9 Å². The number of benzene rings is 7. The van der Waals surface area contributed by atoms with Gasteiger partial charge in [0, 0.05) is 44.4 Å². The van der Waals surface area contributed by atoms with Crippen molar-refractivity contribution in [3.8, 4) is 45.3 Å². The van der Waals surface area contributed by atoms with Gasteiger partial charge in [0.2, 0.25) is 0 Å². The quantitative estimate of drug-likeness (QED) is 0.187. The third kappa shape index (κ3) is 4.54. The predicted octanol–water partition coefficient (Wildman–Crippen LogP) is 11.7. The predicted molar refractivity (Wildman–Crippen MR) is 207 cm³/mol. The van der Waals surface area contributed by atoms with Crippen molar-refractivity contribution in [1.29, 1.82) is 0 Å². The highest BCUT2D eigenvalue weighted by Gasteiger charge is 2.18. The van der Waals surface area contributed by atoms with E-state index in [9.17, 15) is 4.11 Å². The first-order valence-electron chi connectivity index (χ1n) is 19.9. The average molecular weight is 646 g/mol. The highest BCUT2D eigenvalue weighted by Crippen LogP contribution is 2.38. The molecule has 10 aromatic rings. The number of hydrogen-bond acceptors (Lipinski definition) is 2. The van der Waals surface area contributed by atoms with Crippen LogP contribution in [0, 0.1) is 0 Å². The summed E-state index contributed by atoms with van der Waals surface area (Å²) in [6.45, 7) is 0. The van der Waals surface area contributed by atoms with Gasteiger partial charge in [0.05, 0.1) is 37.4 Å². The molecule has 4 nitrogen and oxygen atoms in total. The van der Waals surface area contributed by atoms with E-state index >= 15 is 0 Å². The van der Waals surface area contributed by atoms with Crippen LogP contribution in [0.2, 0.25) is 0 Å². The molecule has 0 fully saturated rings. The van der Waals surface area contributed by atoms with Gasteiger partial charge in [-0.25, -0.2) is 9.97 Å². The third-order valence-electron chi connectivity index (χ3n) is 9.18. The van der Waals surface area contributed by atoms with Crippen LogP contribution in [0.1, 0.15) is 9.60 Å². The molecule has 0 aliphatic heterocycles. The maximum Gasteiger partial charge on any atom is 0.162 e.